The highest BCUT2D eigenvalue weighted by atomic mass is 31.2. The number of carbonyl (C=O) groups is 2. The number of phosphoric ester groups is 1. The second kappa shape index (κ2) is 61.5. The van der Waals surface area contributed by atoms with Gasteiger partial charge in [-0.05, 0) is 102 Å². The molecule has 9 nitrogen and oxygen atoms in total. The van der Waals surface area contributed by atoms with Gasteiger partial charge in [-0.2, -0.15) is 0 Å². The molecule has 1 amide bonds. The highest BCUT2D eigenvalue weighted by Gasteiger charge is 2.30. The molecule has 0 aromatic heterocycles. The van der Waals surface area contributed by atoms with Gasteiger partial charge in [0.25, 0.3) is 0 Å². The van der Waals surface area contributed by atoms with Crippen LogP contribution in [-0.4, -0.2) is 74.3 Å². The van der Waals surface area contributed by atoms with Gasteiger partial charge in [0.15, 0.2) is 0 Å². The van der Waals surface area contributed by atoms with E-state index in [-0.39, 0.29) is 31.5 Å². The number of amides is 1. The first-order chi connectivity index (χ1) is 39.9. The van der Waals surface area contributed by atoms with E-state index in [1.807, 2.05) is 33.3 Å². The Balaban J connectivity index is 5.10. The van der Waals surface area contributed by atoms with Crippen molar-refractivity contribution in [1.29, 1.82) is 0 Å². The minimum Gasteiger partial charge on any atom is -0.456 e. The van der Waals surface area contributed by atoms with Crippen LogP contribution in [0.3, 0.4) is 0 Å². The summed E-state index contributed by atoms with van der Waals surface area (Å²) in [5.74, 6) is -0.510. The molecule has 0 aliphatic rings. The van der Waals surface area contributed by atoms with Gasteiger partial charge in [-0.25, -0.2) is 4.57 Å². The fraction of sp³-hybridized carbons (Fsp3) is 0.806. The molecule has 0 heterocycles. The topological polar surface area (TPSA) is 111 Å². The molecule has 478 valence electrons. The third kappa shape index (κ3) is 62.0. The van der Waals surface area contributed by atoms with Crippen molar-refractivity contribution < 1.29 is 37.3 Å². The molecule has 0 saturated heterocycles. The van der Waals surface area contributed by atoms with Crippen LogP contribution in [0.15, 0.2) is 72.9 Å². The fourth-order valence-electron chi connectivity index (χ4n) is 9.98. The minimum absolute atomic E-state index is 0.0371. The summed E-state index contributed by atoms with van der Waals surface area (Å²) in [4.78, 5) is 37.8. The average Bonchev–Trinajstić information content (AvgIpc) is 3.45. The van der Waals surface area contributed by atoms with Gasteiger partial charge >= 0.3 is 13.8 Å². The lowest BCUT2D eigenvalue weighted by atomic mass is 10.0. The Morgan fingerprint density at radius 1 is 0.427 bits per heavy atom. The van der Waals surface area contributed by atoms with Crippen molar-refractivity contribution in [1.82, 2.24) is 5.32 Å². The lowest BCUT2D eigenvalue weighted by Gasteiger charge is -2.27. The van der Waals surface area contributed by atoms with Crippen LogP contribution < -0.4 is 5.32 Å². The Morgan fingerprint density at radius 2 is 0.744 bits per heavy atom. The standard InChI is InChI=1S/C72H133N2O7P/c1-7-10-13-16-19-22-25-28-30-32-33-34-35-36-37-38-39-40-41-42-44-47-50-53-56-59-62-65-72(76)81-70(63-60-57-54-51-48-45-27-24-21-18-15-12-9-3)69(68-80-82(77,78)79-67-66-74(4,5)6)73-71(75)64-61-58-55-52-49-46-43-31-29-26-23-20-17-14-11-8-2/h19,22,28,30-31,33-34,36-37,43,60,63,69-70H,7-18,20-21,23-27,29,32,35,38-42,44-59,61-62,64-68H2,1-6H3,(H-,73,75,77,78)/p+1/b22-19-,30-28-,34-33-,37-36-,43-31+,63-60-. The van der Waals surface area contributed by atoms with Crippen LogP contribution in [0.25, 0.3) is 0 Å². The van der Waals surface area contributed by atoms with E-state index in [9.17, 15) is 19.0 Å². The number of ether oxygens (including phenoxy) is 1. The van der Waals surface area contributed by atoms with Crippen LogP contribution in [0.2, 0.25) is 0 Å². The molecule has 0 aromatic carbocycles. The number of likely N-dealkylation sites (N-methyl/N-ethyl adjacent to an activating group) is 1. The molecule has 3 atom stereocenters. The van der Waals surface area contributed by atoms with Gasteiger partial charge in [-0.15, -0.1) is 0 Å². The van der Waals surface area contributed by atoms with Crippen molar-refractivity contribution >= 4 is 19.7 Å². The highest BCUT2D eigenvalue weighted by molar-refractivity contribution is 7.47. The van der Waals surface area contributed by atoms with E-state index in [2.05, 4.69) is 86.8 Å². The van der Waals surface area contributed by atoms with Gasteiger partial charge in [0.05, 0.1) is 33.8 Å². The average molecular weight is 1170 g/mol. The summed E-state index contributed by atoms with van der Waals surface area (Å²) in [5.41, 5.74) is 0. The normalized spacial score (nSPS) is 14.0. The van der Waals surface area contributed by atoms with Crippen LogP contribution in [0.1, 0.15) is 323 Å². The molecule has 3 unspecified atom stereocenters. The molecule has 10 heteroatoms. The van der Waals surface area contributed by atoms with Gasteiger partial charge in [-0.3, -0.25) is 18.6 Å². The first-order valence-electron chi connectivity index (χ1n) is 34.8. The predicted octanol–water partition coefficient (Wildman–Crippen LogP) is 22.0. The Labute approximate surface area is 508 Å². The van der Waals surface area contributed by atoms with Crippen molar-refractivity contribution in [3.63, 3.8) is 0 Å². The number of hydrogen-bond acceptors (Lipinski definition) is 6. The molecule has 0 aliphatic carbocycles. The molecule has 0 aromatic rings. The van der Waals surface area contributed by atoms with E-state index in [4.69, 9.17) is 13.8 Å². The quantitative estimate of drug-likeness (QED) is 0.0205. The number of allylic oxidation sites excluding steroid dienone is 11. The minimum atomic E-state index is -4.46. The third-order valence-electron chi connectivity index (χ3n) is 15.4. The number of unbranched alkanes of at least 4 members (excludes halogenated alkanes) is 37. The van der Waals surface area contributed by atoms with Crippen LogP contribution in [-0.2, 0) is 27.9 Å². The van der Waals surface area contributed by atoms with E-state index >= 15 is 0 Å². The molecule has 0 spiro atoms. The summed E-state index contributed by atoms with van der Waals surface area (Å²) in [6, 6.07) is -0.856. The SMILES string of the molecule is CCCCC/C=C\C/C=C\C/C=C\C/C=C\CCCCCCCCCCCCCC(=O)OC(/C=C\CCCCCCCCCCCCC)C(COP(=O)(O)OCC[N+](C)(C)C)NC(=O)CCCCCCC/C=C/CCCCCCCCC. The van der Waals surface area contributed by atoms with E-state index in [0.717, 1.165) is 96.3 Å². The monoisotopic (exact) mass is 1170 g/mol. The molecular weight excluding hydrogens is 1040 g/mol. The summed E-state index contributed by atoms with van der Waals surface area (Å²) in [6.07, 6.45) is 80.5. The Morgan fingerprint density at radius 3 is 1.15 bits per heavy atom. The molecule has 0 rings (SSSR count). The molecule has 2 N–H and O–H groups in total. The Hall–Kier alpha value is -2.55. The second-order valence-corrected chi connectivity index (χ2v) is 26.1. The molecule has 0 fully saturated rings. The van der Waals surface area contributed by atoms with Gasteiger partial charge in [0.1, 0.15) is 19.3 Å². The Kier molecular flexibility index (Phi) is 59.6. The first kappa shape index (κ1) is 79.5. The number of hydrogen-bond donors (Lipinski definition) is 2. The van der Waals surface area contributed by atoms with Gasteiger partial charge < -0.3 is 19.4 Å². The molecule has 82 heavy (non-hydrogen) atoms. The zero-order chi connectivity index (χ0) is 60.0. The Bertz CT molecular complexity index is 1630. The van der Waals surface area contributed by atoms with Crippen molar-refractivity contribution in [2.75, 3.05) is 40.9 Å². The smallest absolute Gasteiger partial charge is 0.456 e. The molecule has 0 aliphatic heterocycles. The zero-order valence-electron chi connectivity index (χ0n) is 54.7. The maximum absolute atomic E-state index is 13.6. The number of nitrogens with one attached hydrogen (secondary N) is 1. The number of esters is 1. The fourth-order valence-corrected chi connectivity index (χ4v) is 10.7. The molecule has 0 radical (unpaired) electrons. The van der Waals surface area contributed by atoms with E-state index in [1.165, 1.54) is 193 Å². The van der Waals surface area contributed by atoms with Crippen molar-refractivity contribution in [3.8, 4) is 0 Å². The second-order valence-electron chi connectivity index (χ2n) is 24.7. The summed E-state index contributed by atoms with van der Waals surface area (Å²) in [5, 5.41) is 3.06. The number of rotatable bonds is 63. The van der Waals surface area contributed by atoms with Gasteiger partial charge in [-0.1, -0.05) is 280 Å². The maximum Gasteiger partial charge on any atom is 0.472 e. The van der Waals surface area contributed by atoms with Gasteiger partial charge in [0, 0.05) is 12.8 Å². The van der Waals surface area contributed by atoms with Crippen LogP contribution >= 0.6 is 7.82 Å². The molecule has 0 saturated carbocycles. The van der Waals surface area contributed by atoms with Crippen LogP contribution in [0.5, 0.6) is 0 Å². The third-order valence-corrected chi connectivity index (χ3v) is 16.4. The van der Waals surface area contributed by atoms with Crippen molar-refractivity contribution in [2.24, 2.45) is 0 Å². The van der Waals surface area contributed by atoms with E-state index in [0.29, 0.717) is 17.4 Å². The maximum atomic E-state index is 13.6. The van der Waals surface area contributed by atoms with Crippen molar-refractivity contribution in [3.05, 3.63) is 72.9 Å². The number of nitrogens with zero attached hydrogens (tertiary/aromatic N) is 1. The van der Waals surface area contributed by atoms with Crippen LogP contribution in [0.4, 0.5) is 0 Å². The van der Waals surface area contributed by atoms with Crippen molar-refractivity contribution in [2.45, 2.75) is 335 Å². The summed E-state index contributed by atoms with van der Waals surface area (Å²) >= 11 is 0. The summed E-state index contributed by atoms with van der Waals surface area (Å²) in [6.45, 7) is 7.00. The largest absolute Gasteiger partial charge is 0.472 e. The predicted molar refractivity (Wildman–Crippen MR) is 355 cm³/mol. The number of carbonyl (C=O) groups excluding carboxylic acids is 2. The summed E-state index contributed by atoms with van der Waals surface area (Å²) in [7, 11) is 1.49. The molecular formula is C72H134N2O7P+. The summed E-state index contributed by atoms with van der Waals surface area (Å²) < 4.78 is 30.8. The first-order valence-corrected chi connectivity index (χ1v) is 36.3. The lowest BCUT2D eigenvalue weighted by molar-refractivity contribution is -0.870. The van der Waals surface area contributed by atoms with E-state index in [1.54, 1.807) is 0 Å². The molecule has 0 bridgehead atoms. The zero-order valence-corrected chi connectivity index (χ0v) is 55.6. The number of quaternary nitrogens is 1. The van der Waals surface area contributed by atoms with Crippen LogP contribution in [0, 0.1) is 0 Å². The number of phosphoric acid groups is 1. The van der Waals surface area contributed by atoms with Gasteiger partial charge in [0.2, 0.25) is 5.91 Å². The van der Waals surface area contributed by atoms with E-state index < -0.39 is 20.0 Å². The lowest BCUT2D eigenvalue weighted by Crippen LogP contribution is -2.47. The highest BCUT2D eigenvalue weighted by Crippen LogP contribution is 2.43.